The van der Waals surface area contributed by atoms with Crippen LogP contribution in [0.4, 0.5) is 4.39 Å². The average molecular weight is 380 g/mol. The van der Waals surface area contributed by atoms with Crippen molar-refractivity contribution in [3.63, 3.8) is 0 Å². The van der Waals surface area contributed by atoms with Gasteiger partial charge < -0.3 is 9.84 Å². The standard InChI is InChI=1S/C18H22FN5O.ClH/c1-11(2)17-15(18-22-16(23-25-18)9-12(3)20-4)10-21-24(17)14-7-5-13(19)6-8-14;/h5-8,10-12,20H,9H2,1-4H3;1H. The predicted octanol–water partition coefficient (Wildman–Crippen LogP) is 3.76. The van der Waals surface area contributed by atoms with E-state index in [-0.39, 0.29) is 30.2 Å². The smallest absolute Gasteiger partial charge is 0.261 e. The van der Waals surface area contributed by atoms with Gasteiger partial charge in [-0.2, -0.15) is 10.1 Å². The van der Waals surface area contributed by atoms with Gasteiger partial charge in [-0.05, 0) is 44.2 Å². The molecule has 0 bridgehead atoms. The van der Waals surface area contributed by atoms with Gasteiger partial charge in [0.05, 0.1) is 23.1 Å². The third-order valence-electron chi connectivity index (χ3n) is 4.10. The van der Waals surface area contributed by atoms with Crippen LogP contribution in [0.1, 0.15) is 38.2 Å². The van der Waals surface area contributed by atoms with Crippen molar-refractivity contribution in [2.24, 2.45) is 0 Å². The average Bonchev–Trinajstić information content (AvgIpc) is 3.22. The minimum atomic E-state index is -0.276. The van der Waals surface area contributed by atoms with E-state index in [4.69, 9.17) is 4.52 Å². The fourth-order valence-corrected chi connectivity index (χ4v) is 2.69. The molecule has 1 unspecified atom stereocenters. The Balaban J connectivity index is 0.00000243. The van der Waals surface area contributed by atoms with E-state index in [2.05, 4.69) is 41.3 Å². The fraction of sp³-hybridized carbons (Fsp3) is 0.389. The summed E-state index contributed by atoms with van der Waals surface area (Å²) in [7, 11) is 1.90. The second-order valence-corrected chi connectivity index (χ2v) is 6.40. The lowest BCUT2D eigenvalue weighted by Crippen LogP contribution is -2.24. The second-order valence-electron chi connectivity index (χ2n) is 6.40. The molecule has 1 aromatic carbocycles. The summed E-state index contributed by atoms with van der Waals surface area (Å²) in [6, 6.07) is 6.50. The van der Waals surface area contributed by atoms with Crippen LogP contribution in [0.2, 0.25) is 0 Å². The first kappa shape index (κ1) is 20.1. The zero-order valence-electron chi connectivity index (χ0n) is 15.2. The van der Waals surface area contributed by atoms with E-state index in [0.29, 0.717) is 18.1 Å². The van der Waals surface area contributed by atoms with Gasteiger partial charge in [0, 0.05) is 12.5 Å². The van der Waals surface area contributed by atoms with Gasteiger partial charge in [-0.15, -0.1) is 12.4 Å². The molecule has 1 atom stereocenters. The van der Waals surface area contributed by atoms with Gasteiger partial charge in [0.25, 0.3) is 5.89 Å². The van der Waals surface area contributed by atoms with Crippen LogP contribution in [-0.2, 0) is 6.42 Å². The van der Waals surface area contributed by atoms with Gasteiger partial charge in [0.1, 0.15) is 5.82 Å². The van der Waals surface area contributed by atoms with Crippen LogP contribution in [-0.4, -0.2) is 33.0 Å². The highest BCUT2D eigenvalue weighted by atomic mass is 35.5. The molecule has 26 heavy (non-hydrogen) atoms. The van der Waals surface area contributed by atoms with Gasteiger partial charge in [-0.1, -0.05) is 19.0 Å². The summed E-state index contributed by atoms with van der Waals surface area (Å²) >= 11 is 0. The van der Waals surface area contributed by atoms with Crippen LogP contribution in [0.15, 0.2) is 35.0 Å². The lowest BCUT2D eigenvalue weighted by atomic mass is 10.1. The maximum Gasteiger partial charge on any atom is 0.261 e. The summed E-state index contributed by atoms with van der Waals surface area (Å²) < 4.78 is 20.4. The van der Waals surface area contributed by atoms with E-state index in [1.54, 1.807) is 23.0 Å². The first-order chi connectivity index (χ1) is 12.0. The highest BCUT2D eigenvalue weighted by Crippen LogP contribution is 2.30. The van der Waals surface area contributed by atoms with Crippen LogP contribution in [0.3, 0.4) is 0 Å². The van der Waals surface area contributed by atoms with Crippen molar-refractivity contribution < 1.29 is 8.91 Å². The Hall–Kier alpha value is -2.25. The van der Waals surface area contributed by atoms with E-state index >= 15 is 0 Å². The van der Waals surface area contributed by atoms with Crippen molar-refractivity contribution in [3.05, 3.63) is 47.8 Å². The Morgan fingerprint density at radius 3 is 2.50 bits per heavy atom. The molecule has 0 aliphatic heterocycles. The van der Waals surface area contributed by atoms with E-state index in [9.17, 15) is 4.39 Å². The normalized spacial score (nSPS) is 12.2. The number of rotatable bonds is 6. The van der Waals surface area contributed by atoms with E-state index in [0.717, 1.165) is 16.9 Å². The topological polar surface area (TPSA) is 68.8 Å². The maximum absolute atomic E-state index is 13.2. The van der Waals surface area contributed by atoms with Crippen molar-refractivity contribution in [2.75, 3.05) is 7.05 Å². The number of aromatic nitrogens is 4. The van der Waals surface area contributed by atoms with Crippen LogP contribution in [0.25, 0.3) is 17.1 Å². The molecule has 0 saturated heterocycles. The SMILES string of the molecule is CNC(C)Cc1noc(-c2cnn(-c3ccc(F)cc3)c2C(C)C)n1.Cl. The number of hydrogen-bond acceptors (Lipinski definition) is 5. The van der Waals surface area contributed by atoms with Gasteiger partial charge in [0.15, 0.2) is 5.82 Å². The highest BCUT2D eigenvalue weighted by Gasteiger charge is 2.21. The summed E-state index contributed by atoms with van der Waals surface area (Å²) in [5.74, 6) is 1.01. The number of likely N-dealkylation sites (N-methyl/N-ethyl adjacent to an activating group) is 1. The zero-order valence-corrected chi connectivity index (χ0v) is 16.0. The third kappa shape index (κ3) is 4.11. The molecule has 0 amide bonds. The lowest BCUT2D eigenvalue weighted by Gasteiger charge is -2.11. The minimum absolute atomic E-state index is 0. The number of nitrogens with one attached hydrogen (secondary N) is 1. The molecule has 6 nitrogen and oxygen atoms in total. The van der Waals surface area contributed by atoms with E-state index in [1.165, 1.54) is 12.1 Å². The Morgan fingerprint density at radius 1 is 1.19 bits per heavy atom. The molecule has 0 radical (unpaired) electrons. The van der Waals surface area contributed by atoms with Gasteiger partial charge in [-0.25, -0.2) is 9.07 Å². The third-order valence-corrected chi connectivity index (χ3v) is 4.10. The molecular weight excluding hydrogens is 357 g/mol. The molecule has 2 heterocycles. The predicted molar refractivity (Wildman–Crippen MR) is 100 cm³/mol. The molecular formula is C18H23ClFN5O. The summed E-state index contributed by atoms with van der Waals surface area (Å²) in [5, 5.41) is 11.7. The second kappa shape index (κ2) is 8.42. The first-order valence-corrected chi connectivity index (χ1v) is 8.33. The van der Waals surface area contributed by atoms with Crippen LogP contribution >= 0.6 is 12.4 Å². The minimum Gasteiger partial charge on any atom is -0.334 e. The van der Waals surface area contributed by atoms with Crippen LogP contribution in [0, 0.1) is 5.82 Å². The van der Waals surface area contributed by atoms with Gasteiger partial charge in [0.2, 0.25) is 0 Å². The van der Waals surface area contributed by atoms with Gasteiger partial charge in [-0.3, -0.25) is 0 Å². The lowest BCUT2D eigenvalue weighted by molar-refractivity contribution is 0.417. The number of halogens is 2. The van der Waals surface area contributed by atoms with Crippen molar-refractivity contribution >= 4 is 12.4 Å². The molecule has 0 fully saturated rings. The Morgan fingerprint density at radius 2 is 1.88 bits per heavy atom. The largest absolute Gasteiger partial charge is 0.334 e. The molecule has 0 saturated carbocycles. The fourth-order valence-electron chi connectivity index (χ4n) is 2.69. The quantitative estimate of drug-likeness (QED) is 0.706. The molecule has 0 aliphatic rings. The van der Waals surface area contributed by atoms with Crippen molar-refractivity contribution in [3.8, 4) is 17.1 Å². The molecule has 3 rings (SSSR count). The van der Waals surface area contributed by atoms with Crippen molar-refractivity contribution in [1.29, 1.82) is 0 Å². The van der Waals surface area contributed by atoms with Crippen LogP contribution in [0.5, 0.6) is 0 Å². The van der Waals surface area contributed by atoms with Crippen molar-refractivity contribution in [2.45, 2.75) is 39.2 Å². The van der Waals surface area contributed by atoms with Crippen LogP contribution < -0.4 is 5.32 Å². The Kier molecular flexibility index (Phi) is 6.50. The van der Waals surface area contributed by atoms with E-state index < -0.39 is 0 Å². The number of hydrogen-bond donors (Lipinski definition) is 1. The zero-order chi connectivity index (χ0) is 18.0. The van der Waals surface area contributed by atoms with E-state index in [1.807, 2.05) is 7.05 Å². The number of benzene rings is 1. The summed E-state index contributed by atoms with van der Waals surface area (Å²) in [6.07, 6.45) is 2.40. The van der Waals surface area contributed by atoms with Gasteiger partial charge >= 0.3 is 0 Å². The molecule has 8 heteroatoms. The number of nitrogens with zero attached hydrogens (tertiary/aromatic N) is 4. The monoisotopic (exact) mass is 379 g/mol. The Bertz CT molecular complexity index is 844. The molecule has 3 aromatic rings. The molecule has 2 aromatic heterocycles. The molecule has 0 aliphatic carbocycles. The molecule has 1 N–H and O–H groups in total. The Labute approximate surface area is 158 Å². The molecule has 0 spiro atoms. The highest BCUT2D eigenvalue weighted by molar-refractivity contribution is 5.85. The summed E-state index contributed by atoms with van der Waals surface area (Å²) in [6.45, 7) is 6.20. The molecule has 140 valence electrons. The first-order valence-electron chi connectivity index (χ1n) is 8.33. The summed E-state index contributed by atoms with van der Waals surface area (Å²) in [5.41, 5.74) is 2.54. The van der Waals surface area contributed by atoms with Crippen molar-refractivity contribution in [1.82, 2.24) is 25.2 Å². The summed E-state index contributed by atoms with van der Waals surface area (Å²) in [4.78, 5) is 4.50. The maximum atomic E-state index is 13.2.